The molecular weight excluding hydrogens is 308 g/mol. The number of hydrogen-bond donors (Lipinski definition) is 1. The van der Waals surface area contributed by atoms with Crippen molar-refractivity contribution in [2.24, 2.45) is 0 Å². The standard InChI is InChI=1S/C13H14N4O2S2/c18-12(7-16-9-20-8-13(16)19)15-11-3-4-14-17(11)6-10-2-1-5-21-10/h1-5H,6-9H2,(H,15,18). The largest absolute Gasteiger partial charge is 0.323 e. The van der Waals surface area contributed by atoms with E-state index < -0.39 is 0 Å². The SMILES string of the molecule is O=C(CN1CSCC1=O)Nc1ccnn1Cc1cccs1. The Morgan fingerprint density at radius 1 is 1.43 bits per heavy atom. The van der Waals surface area contributed by atoms with Gasteiger partial charge in [-0.3, -0.25) is 9.59 Å². The smallest absolute Gasteiger partial charge is 0.245 e. The number of rotatable bonds is 5. The lowest BCUT2D eigenvalue weighted by Crippen LogP contribution is -2.34. The number of amides is 2. The molecule has 110 valence electrons. The van der Waals surface area contributed by atoms with Crippen LogP contribution in [0.25, 0.3) is 0 Å². The molecule has 0 bridgehead atoms. The topological polar surface area (TPSA) is 67.2 Å². The second kappa shape index (κ2) is 6.31. The normalized spacial score (nSPS) is 14.7. The highest BCUT2D eigenvalue weighted by Crippen LogP contribution is 2.16. The van der Waals surface area contributed by atoms with Gasteiger partial charge in [0.2, 0.25) is 11.8 Å². The Balaban J connectivity index is 1.61. The zero-order valence-corrected chi connectivity index (χ0v) is 12.8. The predicted molar refractivity (Wildman–Crippen MR) is 83.3 cm³/mol. The van der Waals surface area contributed by atoms with E-state index in [1.54, 1.807) is 33.2 Å². The summed E-state index contributed by atoms with van der Waals surface area (Å²) in [6.45, 7) is 0.717. The van der Waals surface area contributed by atoms with Crippen LogP contribution in [0.5, 0.6) is 0 Å². The highest BCUT2D eigenvalue weighted by Gasteiger charge is 2.23. The molecule has 1 saturated heterocycles. The minimum Gasteiger partial charge on any atom is -0.323 e. The molecule has 0 aliphatic carbocycles. The van der Waals surface area contributed by atoms with Crippen LogP contribution in [0.1, 0.15) is 4.88 Å². The van der Waals surface area contributed by atoms with Gasteiger partial charge in [0.05, 0.1) is 24.4 Å². The van der Waals surface area contributed by atoms with Gasteiger partial charge in [-0.1, -0.05) is 6.07 Å². The van der Waals surface area contributed by atoms with E-state index in [4.69, 9.17) is 0 Å². The van der Waals surface area contributed by atoms with Crippen LogP contribution in [0.4, 0.5) is 5.82 Å². The quantitative estimate of drug-likeness (QED) is 0.905. The van der Waals surface area contributed by atoms with E-state index >= 15 is 0 Å². The number of thioether (sulfide) groups is 1. The Hall–Kier alpha value is -1.80. The summed E-state index contributed by atoms with van der Waals surface area (Å²) < 4.78 is 1.74. The fraction of sp³-hybridized carbons (Fsp3) is 0.308. The molecule has 1 fully saturated rings. The van der Waals surface area contributed by atoms with Gasteiger partial charge >= 0.3 is 0 Å². The number of thiophene rings is 1. The highest BCUT2D eigenvalue weighted by molar-refractivity contribution is 8.00. The van der Waals surface area contributed by atoms with Crippen molar-refractivity contribution < 1.29 is 9.59 Å². The predicted octanol–water partition coefficient (Wildman–Crippen LogP) is 1.46. The van der Waals surface area contributed by atoms with Gasteiger partial charge in [-0.25, -0.2) is 4.68 Å². The molecule has 0 saturated carbocycles. The van der Waals surface area contributed by atoms with Gasteiger partial charge < -0.3 is 10.2 Å². The summed E-state index contributed by atoms with van der Waals surface area (Å²) in [4.78, 5) is 26.2. The van der Waals surface area contributed by atoms with Crippen molar-refractivity contribution in [1.29, 1.82) is 0 Å². The Bertz CT molecular complexity index is 638. The van der Waals surface area contributed by atoms with Crippen molar-refractivity contribution in [3.8, 4) is 0 Å². The number of anilines is 1. The van der Waals surface area contributed by atoms with E-state index in [1.165, 1.54) is 16.6 Å². The minimum absolute atomic E-state index is 0.0160. The lowest BCUT2D eigenvalue weighted by molar-refractivity contribution is -0.130. The van der Waals surface area contributed by atoms with Gasteiger partial charge in [-0.15, -0.1) is 23.1 Å². The van der Waals surface area contributed by atoms with Crippen molar-refractivity contribution in [1.82, 2.24) is 14.7 Å². The van der Waals surface area contributed by atoms with Crippen molar-refractivity contribution in [3.05, 3.63) is 34.7 Å². The molecule has 3 heterocycles. The van der Waals surface area contributed by atoms with Crippen LogP contribution in [0, 0.1) is 0 Å². The van der Waals surface area contributed by atoms with Gasteiger partial charge in [0.1, 0.15) is 12.4 Å². The summed E-state index contributed by atoms with van der Waals surface area (Å²) in [5, 5.41) is 9.04. The second-order valence-electron chi connectivity index (χ2n) is 4.57. The fourth-order valence-electron chi connectivity index (χ4n) is 2.01. The molecule has 6 nitrogen and oxygen atoms in total. The first kappa shape index (κ1) is 14.2. The van der Waals surface area contributed by atoms with Crippen molar-refractivity contribution in [2.75, 3.05) is 23.5 Å². The lowest BCUT2D eigenvalue weighted by Gasteiger charge is -2.14. The number of hydrogen-bond acceptors (Lipinski definition) is 5. The van der Waals surface area contributed by atoms with Crippen LogP contribution < -0.4 is 5.32 Å². The summed E-state index contributed by atoms with van der Waals surface area (Å²) in [6, 6.07) is 5.77. The molecule has 2 aromatic heterocycles. The Kier molecular flexibility index (Phi) is 4.26. The van der Waals surface area contributed by atoms with Crippen LogP contribution >= 0.6 is 23.1 Å². The van der Waals surface area contributed by atoms with Gasteiger partial charge in [-0.2, -0.15) is 5.10 Å². The molecule has 0 aromatic carbocycles. The van der Waals surface area contributed by atoms with Gasteiger partial charge in [-0.05, 0) is 11.4 Å². The molecule has 0 unspecified atom stereocenters. The average molecular weight is 322 g/mol. The third kappa shape index (κ3) is 3.45. The van der Waals surface area contributed by atoms with Crippen LogP contribution in [0.2, 0.25) is 0 Å². The summed E-state index contributed by atoms with van der Waals surface area (Å²) >= 11 is 3.17. The Morgan fingerprint density at radius 3 is 3.05 bits per heavy atom. The molecule has 0 spiro atoms. The number of nitrogens with zero attached hydrogens (tertiary/aromatic N) is 3. The third-order valence-electron chi connectivity index (χ3n) is 3.03. The van der Waals surface area contributed by atoms with Crippen LogP contribution in [-0.4, -0.2) is 44.7 Å². The Morgan fingerprint density at radius 2 is 2.33 bits per heavy atom. The molecule has 1 aliphatic rings. The van der Waals surface area contributed by atoms with Gasteiger partial charge in [0.25, 0.3) is 0 Å². The first-order valence-electron chi connectivity index (χ1n) is 6.42. The summed E-state index contributed by atoms with van der Waals surface area (Å²) in [5.41, 5.74) is 0. The monoisotopic (exact) mass is 322 g/mol. The number of carbonyl (C=O) groups is 2. The Labute approximate surface area is 130 Å². The first-order chi connectivity index (χ1) is 10.2. The van der Waals surface area contributed by atoms with E-state index in [2.05, 4.69) is 10.4 Å². The van der Waals surface area contributed by atoms with E-state index in [9.17, 15) is 9.59 Å². The molecule has 1 aliphatic heterocycles. The zero-order valence-electron chi connectivity index (χ0n) is 11.2. The summed E-state index contributed by atoms with van der Waals surface area (Å²) in [5.74, 6) is 1.51. The molecule has 0 radical (unpaired) electrons. The van der Waals surface area contributed by atoms with Gasteiger partial charge in [0, 0.05) is 10.9 Å². The van der Waals surface area contributed by atoms with E-state index in [1.807, 2.05) is 17.5 Å². The van der Waals surface area contributed by atoms with Crippen LogP contribution in [0.15, 0.2) is 29.8 Å². The highest BCUT2D eigenvalue weighted by atomic mass is 32.2. The lowest BCUT2D eigenvalue weighted by atomic mass is 10.4. The fourth-order valence-corrected chi connectivity index (χ4v) is 3.60. The van der Waals surface area contributed by atoms with Crippen molar-refractivity contribution in [2.45, 2.75) is 6.54 Å². The number of carbonyl (C=O) groups excluding carboxylic acids is 2. The maximum atomic E-state index is 12.0. The van der Waals surface area contributed by atoms with Crippen LogP contribution in [0.3, 0.4) is 0 Å². The third-order valence-corrected chi connectivity index (χ3v) is 4.84. The van der Waals surface area contributed by atoms with E-state index in [0.717, 1.165) is 0 Å². The van der Waals surface area contributed by atoms with E-state index in [-0.39, 0.29) is 18.4 Å². The van der Waals surface area contributed by atoms with Crippen LogP contribution in [-0.2, 0) is 16.1 Å². The van der Waals surface area contributed by atoms with Crippen molar-refractivity contribution in [3.63, 3.8) is 0 Å². The molecule has 3 rings (SSSR count). The molecule has 0 atom stereocenters. The molecule has 1 N–H and O–H groups in total. The first-order valence-corrected chi connectivity index (χ1v) is 8.45. The van der Waals surface area contributed by atoms with Gasteiger partial charge in [0.15, 0.2) is 0 Å². The molecular formula is C13H14N4O2S2. The molecule has 2 aromatic rings. The molecule has 8 heteroatoms. The van der Waals surface area contributed by atoms with E-state index in [0.29, 0.717) is 24.0 Å². The molecule has 21 heavy (non-hydrogen) atoms. The summed E-state index contributed by atoms with van der Waals surface area (Å²) in [7, 11) is 0. The number of aromatic nitrogens is 2. The second-order valence-corrected chi connectivity index (χ2v) is 6.56. The maximum Gasteiger partial charge on any atom is 0.245 e. The maximum absolute atomic E-state index is 12.0. The number of nitrogens with one attached hydrogen (secondary N) is 1. The van der Waals surface area contributed by atoms with Crippen molar-refractivity contribution >= 4 is 40.7 Å². The molecule has 2 amide bonds. The summed E-state index contributed by atoms with van der Waals surface area (Å²) in [6.07, 6.45) is 1.65. The minimum atomic E-state index is -0.196. The zero-order chi connectivity index (χ0) is 14.7. The average Bonchev–Trinajstić information content (AvgIpc) is 3.17.